The van der Waals surface area contributed by atoms with Crippen LogP contribution in [0.3, 0.4) is 0 Å². The Morgan fingerprint density at radius 2 is 1.61 bits per heavy atom. The third-order valence-corrected chi connectivity index (χ3v) is 7.96. The van der Waals surface area contributed by atoms with E-state index in [0.29, 0.717) is 12.1 Å². The molecular weight excluding hydrogens is 444 g/mol. The summed E-state index contributed by atoms with van der Waals surface area (Å²) in [7, 11) is 2.25. The second kappa shape index (κ2) is 9.78. The molecule has 184 valence electrons. The minimum atomic E-state index is 0.522. The summed E-state index contributed by atoms with van der Waals surface area (Å²) in [5, 5.41) is 8.62. The fourth-order valence-corrected chi connectivity index (χ4v) is 5.61. The minimum Gasteiger partial charge on any atom is -0.368 e. The van der Waals surface area contributed by atoms with E-state index in [1.54, 1.807) is 0 Å². The molecule has 1 saturated heterocycles. The number of anilines is 2. The molecule has 4 aromatic rings. The Labute approximate surface area is 213 Å². The zero-order valence-corrected chi connectivity index (χ0v) is 20.9. The molecule has 2 aliphatic rings. The SMILES string of the molecule is CN(Cc1ccccc1)C1CC(n2ccc3ccc(N4CCN(c5ccc(C=N)cc5)CC4)nc32)C1. The van der Waals surface area contributed by atoms with Crippen LogP contribution in [0, 0.1) is 5.41 Å². The molecule has 0 atom stereocenters. The van der Waals surface area contributed by atoms with E-state index in [9.17, 15) is 0 Å². The molecule has 6 nitrogen and oxygen atoms in total. The first kappa shape index (κ1) is 22.8. The lowest BCUT2D eigenvalue weighted by Crippen LogP contribution is -2.46. The van der Waals surface area contributed by atoms with Gasteiger partial charge in [0.25, 0.3) is 0 Å². The Kier molecular flexibility index (Phi) is 6.20. The number of aromatic nitrogens is 2. The van der Waals surface area contributed by atoms with Crippen molar-refractivity contribution in [1.82, 2.24) is 14.5 Å². The van der Waals surface area contributed by atoms with Gasteiger partial charge in [-0.15, -0.1) is 0 Å². The summed E-state index contributed by atoms with van der Waals surface area (Å²) in [6.07, 6.45) is 5.98. The highest BCUT2D eigenvalue weighted by Gasteiger charge is 2.34. The molecule has 0 unspecified atom stereocenters. The number of nitrogens with zero attached hydrogens (tertiary/aromatic N) is 5. The molecule has 0 radical (unpaired) electrons. The molecule has 6 rings (SSSR count). The van der Waals surface area contributed by atoms with E-state index >= 15 is 0 Å². The summed E-state index contributed by atoms with van der Waals surface area (Å²) in [5.74, 6) is 1.08. The van der Waals surface area contributed by atoms with Crippen LogP contribution in [0.15, 0.2) is 79.0 Å². The second-order valence-corrected chi connectivity index (χ2v) is 10.2. The highest BCUT2D eigenvalue weighted by atomic mass is 15.3. The highest BCUT2D eigenvalue weighted by Crippen LogP contribution is 2.38. The minimum absolute atomic E-state index is 0.522. The quantitative estimate of drug-likeness (QED) is 0.371. The van der Waals surface area contributed by atoms with Crippen LogP contribution in [-0.2, 0) is 6.54 Å². The van der Waals surface area contributed by atoms with Gasteiger partial charge in [-0.05, 0) is 61.3 Å². The standard InChI is InChI=1S/C30H34N6/c1-33(22-24-5-3-2-4-6-24)27-19-28(20-27)36-14-13-25-9-12-29(32-30(25)36)35-17-15-34(16-18-35)26-10-7-23(21-31)8-11-26/h2-14,21,27-28,31H,15-20,22H2,1H3. The second-order valence-electron chi connectivity index (χ2n) is 10.2. The van der Waals surface area contributed by atoms with Gasteiger partial charge in [-0.25, -0.2) is 4.98 Å². The molecule has 1 aliphatic heterocycles. The van der Waals surface area contributed by atoms with Crippen molar-refractivity contribution in [1.29, 1.82) is 5.41 Å². The van der Waals surface area contributed by atoms with Crippen LogP contribution in [0.4, 0.5) is 11.5 Å². The van der Waals surface area contributed by atoms with Crippen molar-refractivity contribution in [2.75, 3.05) is 43.0 Å². The number of benzene rings is 2. The lowest BCUT2D eigenvalue weighted by Gasteiger charge is -2.42. The lowest BCUT2D eigenvalue weighted by molar-refractivity contribution is 0.102. The Balaban J connectivity index is 1.10. The van der Waals surface area contributed by atoms with Gasteiger partial charge < -0.3 is 19.8 Å². The monoisotopic (exact) mass is 478 g/mol. The third kappa shape index (κ3) is 4.49. The van der Waals surface area contributed by atoms with Gasteiger partial charge in [-0.1, -0.05) is 42.5 Å². The van der Waals surface area contributed by atoms with Gasteiger partial charge in [0, 0.05) is 68.3 Å². The van der Waals surface area contributed by atoms with Crippen molar-refractivity contribution in [2.45, 2.75) is 31.5 Å². The first-order valence-corrected chi connectivity index (χ1v) is 13.0. The third-order valence-electron chi connectivity index (χ3n) is 7.96. The molecule has 2 fully saturated rings. The van der Waals surface area contributed by atoms with E-state index in [2.05, 4.69) is 93.2 Å². The Morgan fingerprint density at radius 3 is 2.33 bits per heavy atom. The normalized spacial score (nSPS) is 20.1. The molecular formula is C30H34N6. The molecule has 0 amide bonds. The first-order chi connectivity index (χ1) is 17.7. The average molecular weight is 479 g/mol. The van der Waals surface area contributed by atoms with Gasteiger partial charge in [0.15, 0.2) is 0 Å². The average Bonchev–Trinajstić information content (AvgIpc) is 3.31. The topological polar surface area (TPSA) is 51.4 Å². The van der Waals surface area contributed by atoms with Gasteiger partial charge in [0.1, 0.15) is 11.5 Å². The summed E-state index contributed by atoms with van der Waals surface area (Å²) < 4.78 is 2.41. The van der Waals surface area contributed by atoms with Crippen LogP contribution < -0.4 is 9.80 Å². The maximum Gasteiger partial charge on any atom is 0.142 e. The highest BCUT2D eigenvalue weighted by molar-refractivity contribution is 5.79. The molecule has 0 bridgehead atoms. The van der Waals surface area contributed by atoms with Gasteiger partial charge in [0.05, 0.1) is 0 Å². The number of fused-ring (bicyclic) bond motifs is 1. The Morgan fingerprint density at radius 1 is 0.889 bits per heavy atom. The Bertz CT molecular complexity index is 1310. The van der Waals surface area contributed by atoms with E-state index in [4.69, 9.17) is 10.4 Å². The summed E-state index contributed by atoms with van der Waals surface area (Å²) >= 11 is 0. The van der Waals surface area contributed by atoms with Crippen molar-refractivity contribution in [3.63, 3.8) is 0 Å². The van der Waals surface area contributed by atoms with Crippen molar-refractivity contribution < 1.29 is 0 Å². The predicted molar refractivity (Wildman–Crippen MR) is 148 cm³/mol. The van der Waals surface area contributed by atoms with Crippen LogP contribution in [0.2, 0.25) is 0 Å². The largest absolute Gasteiger partial charge is 0.368 e. The fraction of sp³-hybridized carbons (Fsp3) is 0.333. The summed E-state index contributed by atoms with van der Waals surface area (Å²) in [4.78, 5) is 12.5. The lowest BCUT2D eigenvalue weighted by atomic mass is 9.85. The van der Waals surface area contributed by atoms with Gasteiger partial charge >= 0.3 is 0 Å². The molecule has 3 heterocycles. The summed E-state index contributed by atoms with van der Waals surface area (Å²) in [5.41, 5.74) is 4.67. The number of hydrogen-bond acceptors (Lipinski definition) is 5. The smallest absolute Gasteiger partial charge is 0.142 e. The van der Waals surface area contributed by atoms with E-state index in [1.165, 1.54) is 35.7 Å². The molecule has 2 aromatic heterocycles. The fourth-order valence-electron chi connectivity index (χ4n) is 5.61. The number of pyridine rings is 1. The van der Waals surface area contributed by atoms with Crippen LogP contribution in [0.5, 0.6) is 0 Å². The van der Waals surface area contributed by atoms with Gasteiger partial charge in [0.2, 0.25) is 0 Å². The number of hydrogen-bond donors (Lipinski definition) is 1. The van der Waals surface area contributed by atoms with Crippen molar-refractivity contribution >= 4 is 28.8 Å². The molecule has 36 heavy (non-hydrogen) atoms. The zero-order valence-electron chi connectivity index (χ0n) is 20.9. The number of nitrogens with one attached hydrogen (secondary N) is 1. The van der Waals surface area contributed by atoms with Crippen LogP contribution in [-0.4, -0.2) is 59.9 Å². The van der Waals surface area contributed by atoms with E-state index < -0.39 is 0 Å². The van der Waals surface area contributed by atoms with E-state index in [1.807, 2.05) is 12.1 Å². The maximum atomic E-state index is 7.40. The summed E-state index contributed by atoms with van der Waals surface area (Å²) in [6, 6.07) is 26.8. The van der Waals surface area contributed by atoms with Gasteiger partial charge in [-0.2, -0.15) is 0 Å². The van der Waals surface area contributed by atoms with E-state index in [-0.39, 0.29) is 0 Å². The van der Waals surface area contributed by atoms with Crippen LogP contribution in [0.25, 0.3) is 11.0 Å². The Hall–Kier alpha value is -3.64. The number of piperazine rings is 1. The van der Waals surface area contributed by atoms with E-state index in [0.717, 1.165) is 49.8 Å². The van der Waals surface area contributed by atoms with Crippen molar-refractivity contribution in [3.05, 3.63) is 90.1 Å². The molecule has 0 spiro atoms. The molecule has 6 heteroatoms. The molecule has 2 aromatic carbocycles. The van der Waals surface area contributed by atoms with Crippen molar-refractivity contribution in [3.8, 4) is 0 Å². The predicted octanol–water partition coefficient (Wildman–Crippen LogP) is 5.20. The summed E-state index contributed by atoms with van der Waals surface area (Å²) in [6.45, 7) is 4.87. The molecule has 1 N–H and O–H groups in total. The maximum absolute atomic E-state index is 7.40. The molecule has 1 aliphatic carbocycles. The number of rotatable bonds is 7. The first-order valence-electron chi connectivity index (χ1n) is 13.0. The van der Waals surface area contributed by atoms with Crippen LogP contribution >= 0.6 is 0 Å². The molecule has 1 saturated carbocycles. The van der Waals surface area contributed by atoms with Crippen LogP contribution in [0.1, 0.15) is 30.0 Å². The van der Waals surface area contributed by atoms with Crippen molar-refractivity contribution in [2.24, 2.45) is 0 Å². The van der Waals surface area contributed by atoms with Gasteiger partial charge in [-0.3, -0.25) is 4.90 Å². The zero-order chi connectivity index (χ0) is 24.5.